The lowest BCUT2D eigenvalue weighted by molar-refractivity contribution is -0.133. The molecule has 1 heterocycles. The second-order valence-corrected chi connectivity index (χ2v) is 3.73. The van der Waals surface area contributed by atoms with E-state index in [0.717, 1.165) is 25.9 Å². The monoisotopic (exact) mass is 236 g/mol. The number of nitrogens with one attached hydrogen (secondary N) is 1. The number of amides is 1. The number of carbonyl (C=O) groups is 1. The van der Waals surface area contributed by atoms with Crippen molar-refractivity contribution in [3.63, 3.8) is 0 Å². The lowest BCUT2D eigenvalue weighted by atomic mass is 10.1. The molecule has 1 amide bonds. The van der Waals surface area contributed by atoms with Gasteiger partial charge in [-0.25, -0.2) is 0 Å². The highest BCUT2D eigenvalue weighted by atomic mass is 35.5. The van der Waals surface area contributed by atoms with Crippen molar-refractivity contribution in [3.8, 4) is 0 Å². The van der Waals surface area contributed by atoms with Crippen molar-refractivity contribution in [2.75, 3.05) is 33.9 Å². The van der Waals surface area contributed by atoms with E-state index in [1.807, 2.05) is 11.9 Å². The minimum atomic E-state index is 0. The molecular formula is C10H21ClN2O2. The summed E-state index contributed by atoms with van der Waals surface area (Å²) in [4.78, 5) is 13.5. The Balaban J connectivity index is 0.00000196. The Morgan fingerprint density at radius 3 is 2.60 bits per heavy atom. The molecule has 0 aromatic rings. The molecule has 1 aliphatic heterocycles. The number of hydrogen-bond acceptors (Lipinski definition) is 3. The van der Waals surface area contributed by atoms with Crippen LogP contribution in [-0.4, -0.2) is 50.7 Å². The quantitative estimate of drug-likeness (QED) is 0.780. The van der Waals surface area contributed by atoms with Crippen molar-refractivity contribution in [2.45, 2.75) is 25.3 Å². The summed E-state index contributed by atoms with van der Waals surface area (Å²) >= 11 is 0. The van der Waals surface area contributed by atoms with E-state index in [0.29, 0.717) is 19.1 Å². The Morgan fingerprint density at radius 2 is 2.07 bits per heavy atom. The molecule has 0 spiro atoms. The molecule has 1 saturated heterocycles. The molecule has 0 atom stereocenters. The zero-order chi connectivity index (χ0) is 10.4. The molecule has 0 aromatic heterocycles. The maximum atomic E-state index is 11.6. The lowest BCUT2D eigenvalue weighted by Crippen LogP contribution is -2.44. The van der Waals surface area contributed by atoms with Gasteiger partial charge in [-0.1, -0.05) is 0 Å². The number of ether oxygens (including phenoxy) is 1. The summed E-state index contributed by atoms with van der Waals surface area (Å²) in [6, 6.07) is 0.417. The van der Waals surface area contributed by atoms with Gasteiger partial charge in [-0.3, -0.25) is 4.79 Å². The Kier molecular flexibility index (Phi) is 7.74. The van der Waals surface area contributed by atoms with Gasteiger partial charge in [-0.05, 0) is 25.9 Å². The molecule has 0 aromatic carbocycles. The smallest absolute Gasteiger partial charge is 0.224 e. The maximum absolute atomic E-state index is 11.6. The third kappa shape index (κ3) is 4.82. The fraction of sp³-hybridized carbons (Fsp3) is 0.900. The molecule has 1 rings (SSSR count). The fourth-order valence-corrected chi connectivity index (χ4v) is 1.76. The van der Waals surface area contributed by atoms with Crippen LogP contribution in [0.3, 0.4) is 0 Å². The zero-order valence-corrected chi connectivity index (χ0v) is 10.3. The molecule has 0 aliphatic carbocycles. The number of halogens is 1. The first-order valence-electron chi connectivity index (χ1n) is 5.21. The van der Waals surface area contributed by atoms with Gasteiger partial charge in [-0.15, -0.1) is 12.4 Å². The molecule has 1 N–H and O–H groups in total. The van der Waals surface area contributed by atoms with Crippen molar-refractivity contribution in [2.24, 2.45) is 0 Å². The summed E-state index contributed by atoms with van der Waals surface area (Å²) in [5.41, 5.74) is 0. The van der Waals surface area contributed by atoms with Crippen LogP contribution in [0.4, 0.5) is 0 Å². The second-order valence-electron chi connectivity index (χ2n) is 3.73. The van der Waals surface area contributed by atoms with E-state index in [2.05, 4.69) is 5.32 Å². The number of nitrogens with zero attached hydrogens (tertiary/aromatic N) is 1. The molecule has 5 heteroatoms. The number of rotatable bonds is 4. The van der Waals surface area contributed by atoms with Crippen LogP contribution < -0.4 is 5.32 Å². The summed E-state index contributed by atoms with van der Waals surface area (Å²) in [7, 11) is 3.52. The highest BCUT2D eigenvalue weighted by Gasteiger charge is 2.21. The molecule has 0 unspecified atom stereocenters. The molecule has 90 valence electrons. The van der Waals surface area contributed by atoms with Crippen LogP contribution in [0.1, 0.15) is 19.3 Å². The Morgan fingerprint density at radius 1 is 1.47 bits per heavy atom. The van der Waals surface area contributed by atoms with E-state index in [-0.39, 0.29) is 18.3 Å². The van der Waals surface area contributed by atoms with E-state index >= 15 is 0 Å². The van der Waals surface area contributed by atoms with Crippen molar-refractivity contribution in [1.29, 1.82) is 0 Å². The first-order chi connectivity index (χ1) is 6.75. The molecular weight excluding hydrogens is 216 g/mol. The van der Waals surface area contributed by atoms with Crippen molar-refractivity contribution in [3.05, 3.63) is 0 Å². The summed E-state index contributed by atoms with van der Waals surface area (Å²) in [5, 5.41) is 3.29. The van der Waals surface area contributed by atoms with Gasteiger partial charge in [0.05, 0.1) is 13.0 Å². The first kappa shape index (κ1) is 14.7. The Hall–Kier alpha value is -0.320. The molecule has 0 saturated carbocycles. The van der Waals surface area contributed by atoms with Crippen molar-refractivity contribution >= 4 is 18.3 Å². The number of methoxy groups -OCH3 is 1. The van der Waals surface area contributed by atoms with Crippen molar-refractivity contribution in [1.82, 2.24) is 10.2 Å². The summed E-state index contributed by atoms with van der Waals surface area (Å²) in [6.07, 6.45) is 2.63. The van der Waals surface area contributed by atoms with Gasteiger partial charge in [0, 0.05) is 20.2 Å². The van der Waals surface area contributed by atoms with Crippen LogP contribution in [-0.2, 0) is 9.53 Å². The van der Waals surface area contributed by atoms with Gasteiger partial charge in [0.25, 0.3) is 0 Å². The molecule has 1 aliphatic rings. The topological polar surface area (TPSA) is 41.6 Å². The molecule has 1 fully saturated rings. The van der Waals surface area contributed by atoms with E-state index in [1.54, 1.807) is 7.11 Å². The van der Waals surface area contributed by atoms with Crippen LogP contribution in [0.5, 0.6) is 0 Å². The van der Waals surface area contributed by atoms with E-state index in [1.165, 1.54) is 0 Å². The Bertz CT molecular complexity index is 184. The maximum Gasteiger partial charge on any atom is 0.224 e. The normalized spacial score (nSPS) is 16.9. The van der Waals surface area contributed by atoms with Crippen LogP contribution in [0, 0.1) is 0 Å². The molecule has 0 radical (unpaired) electrons. The van der Waals surface area contributed by atoms with Crippen molar-refractivity contribution < 1.29 is 9.53 Å². The average molecular weight is 237 g/mol. The zero-order valence-electron chi connectivity index (χ0n) is 9.49. The summed E-state index contributed by atoms with van der Waals surface area (Å²) in [6.45, 7) is 2.56. The molecule has 4 nitrogen and oxygen atoms in total. The fourth-order valence-electron chi connectivity index (χ4n) is 1.76. The van der Waals surface area contributed by atoms with E-state index < -0.39 is 0 Å². The number of piperidine rings is 1. The van der Waals surface area contributed by atoms with Gasteiger partial charge < -0.3 is 15.0 Å². The average Bonchev–Trinajstić information content (AvgIpc) is 2.26. The Labute approximate surface area is 97.8 Å². The highest BCUT2D eigenvalue weighted by molar-refractivity contribution is 5.85. The highest BCUT2D eigenvalue weighted by Crippen LogP contribution is 2.10. The van der Waals surface area contributed by atoms with Crippen LogP contribution in [0.25, 0.3) is 0 Å². The number of carbonyl (C=O) groups excluding carboxylic acids is 1. The van der Waals surface area contributed by atoms with Gasteiger partial charge >= 0.3 is 0 Å². The minimum Gasteiger partial charge on any atom is -0.384 e. The van der Waals surface area contributed by atoms with Crippen LogP contribution in [0.15, 0.2) is 0 Å². The predicted molar refractivity (Wildman–Crippen MR) is 62.4 cm³/mol. The second kappa shape index (κ2) is 7.91. The van der Waals surface area contributed by atoms with Gasteiger partial charge in [-0.2, -0.15) is 0 Å². The minimum absolute atomic E-state index is 0. The predicted octanol–water partition coefficient (Wildman–Crippen LogP) is 0.655. The van der Waals surface area contributed by atoms with Gasteiger partial charge in [0.2, 0.25) is 5.91 Å². The van der Waals surface area contributed by atoms with Gasteiger partial charge in [0.15, 0.2) is 0 Å². The van der Waals surface area contributed by atoms with Crippen LogP contribution in [0.2, 0.25) is 0 Å². The third-order valence-corrected chi connectivity index (χ3v) is 2.77. The lowest BCUT2D eigenvalue weighted by Gasteiger charge is -2.31. The van der Waals surface area contributed by atoms with E-state index in [9.17, 15) is 4.79 Å². The third-order valence-electron chi connectivity index (χ3n) is 2.77. The van der Waals surface area contributed by atoms with E-state index in [4.69, 9.17) is 4.74 Å². The number of hydrogen-bond donors (Lipinski definition) is 1. The standard InChI is InChI=1S/C10H20N2O2.ClH/c1-12(10(13)5-8-14-2)9-3-6-11-7-4-9;/h9,11H,3-8H2,1-2H3;1H. The first-order valence-corrected chi connectivity index (χ1v) is 5.21. The molecule has 0 bridgehead atoms. The largest absolute Gasteiger partial charge is 0.384 e. The van der Waals surface area contributed by atoms with Crippen LogP contribution >= 0.6 is 12.4 Å². The SMILES string of the molecule is COCCC(=O)N(C)C1CCNCC1.Cl. The van der Waals surface area contributed by atoms with Gasteiger partial charge in [0.1, 0.15) is 0 Å². The summed E-state index contributed by atoms with van der Waals surface area (Å²) in [5.74, 6) is 0.193. The summed E-state index contributed by atoms with van der Waals surface area (Å²) < 4.78 is 4.89. The molecule has 15 heavy (non-hydrogen) atoms.